The van der Waals surface area contributed by atoms with Crippen LogP contribution in [0.15, 0.2) is 0 Å². The van der Waals surface area contributed by atoms with Gasteiger partial charge in [-0.05, 0) is 0 Å². The molecule has 4 unspecified atom stereocenters. The van der Waals surface area contributed by atoms with E-state index in [0.717, 1.165) is 0 Å². The fourth-order valence-electron chi connectivity index (χ4n) is 1.28. The van der Waals surface area contributed by atoms with Crippen LogP contribution < -0.4 is 5.73 Å². The second kappa shape index (κ2) is 10.5. The number of aliphatic hydroxyl groups excluding tert-OH is 1. The van der Waals surface area contributed by atoms with Crippen LogP contribution >= 0.6 is 0 Å². The summed E-state index contributed by atoms with van der Waals surface area (Å²) in [4.78, 5) is 10.6. The van der Waals surface area contributed by atoms with E-state index in [-0.39, 0.29) is 35.8 Å². The largest absolute Gasteiger partial charge is 0.397 e. The van der Waals surface area contributed by atoms with E-state index < -0.39 is 62.2 Å². The molecule has 0 fully saturated rings. The van der Waals surface area contributed by atoms with Crippen molar-refractivity contribution in [3.63, 3.8) is 0 Å². The zero-order valence-corrected chi connectivity index (χ0v) is 16.7. The smallest absolute Gasteiger partial charge is 0.388 e. The number of aldehydes is 1. The molecule has 0 aliphatic carbocycles. The molecule has 0 heterocycles. The summed E-state index contributed by atoms with van der Waals surface area (Å²) in [5.74, 6) is 0. The van der Waals surface area contributed by atoms with Crippen molar-refractivity contribution in [2.45, 2.75) is 24.4 Å². The third-order valence-electron chi connectivity index (χ3n) is 2.09. The van der Waals surface area contributed by atoms with E-state index in [4.69, 9.17) is 19.4 Å². The average Bonchev–Trinajstić information content (AvgIpc) is 2.36. The van der Waals surface area contributed by atoms with Gasteiger partial charge in [-0.1, -0.05) is 0 Å². The number of rotatable bonds is 11. The fraction of sp³-hybridized carbons (Fsp3) is 0.833. The van der Waals surface area contributed by atoms with E-state index in [9.17, 15) is 35.2 Å². The zero-order chi connectivity index (χ0) is 19.3. The Labute approximate surface area is 164 Å². The Morgan fingerprint density at radius 2 is 1.28 bits per heavy atom. The van der Waals surface area contributed by atoms with Gasteiger partial charge in [-0.25, -0.2) is 12.5 Å². The Morgan fingerprint density at radius 3 is 1.60 bits per heavy atom. The minimum Gasteiger partial charge on any atom is -0.388 e. The molecule has 0 aromatic heterocycles. The molecule has 0 aromatic carbocycles. The van der Waals surface area contributed by atoms with E-state index >= 15 is 0 Å². The first kappa shape index (κ1) is 27.4. The number of hydrogen-bond acceptors (Lipinski definition) is 12. The molecule has 0 saturated heterocycles. The van der Waals surface area contributed by atoms with Crippen molar-refractivity contribution in [2.24, 2.45) is 5.73 Å². The van der Waals surface area contributed by atoms with Gasteiger partial charge in [0.2, 0.25) is 0 Å². The van der Waals surface area contributed by atoms with Crippen LogP contribution in [-0.4, -0.2) is 111 Å². The second-order valence-corrected chi connectivity index (χ2v) is 7.16. The van der Waals surface area contributed by atoms with Gasteiger partial charge in [0.25, 0.3) is 0 Å². The first-order valence-corrected chi connectivity index (χ1v) is 9.47. The first-order chi connectivity index (χ1) is 10.6. The number of carbonyl (C=O) groups excluding carboxylic acids is 1. The molecule has 25 heavy (non-hydrogen) atoms. The second-order valence-electron chi connectivity index (χ2n) is 3.97. The molecule has 0 saturated carbocycles. The Bertz CT molecular complexity index is 731. The normalized spacial score (nSPS) is 17.8. The van der Waals surface area contributed by atoms with Gasteiger partial charge in [0, 0.05) is 29.6 Å². The van der Waals surface area contributed by atoms with Gasteiger partial charge in [-0.2, -0.15) is 25.3 Å². The van der Waals surface area contributed by atoms with Crippen LogP contribution in [0.2, 0.25) is 0 Å². The number of nitrogens with two attached hydrogens (primary N) is 1. The molecule has 0 rings (SSSR count). The molecule has 0 spiro atoms. The molecule has 15 nitrogen and oxygen atoms in total. The third-order valence-corrected chi connectivity index (χ3v) is 3.46. The van der Waals surface area contributed by atoms with Crippen molar-refractivity contribution < 1.29 is 61.4 Å². The van der Waals surface area contributed by atoms with E-state index in [1.54, 1.807) is 0 Å². The monoisotopic (exact) mass is 442 g/mol. The summed E-state index contributed by atoms with van der Waals surface area (Å²) in [5.41, 5.74) is 5.12. The quantitative estimate of drug-likeness (QED) is 0.115. The summed E-state index contributed by atoms with van der Waals surface area (Å²) in [6.45, 7) is -1.43. The van der Waals surface area contributed by atoms with Gasteiger partial charge in [0.15, 0.2) is 0 Å². The molecule has 1 radical (unpaired) electrons. The van der Waals surface area contributed by atoms with E-state index in [2.05, 4.69) is 12.5 Å². The van der Waals surface area contributed by atoms with Crippen molar-refractivity contribution >= 4 is 67.0 Å². The topological polar surface area (TPSA) is 254 Å². The maximum Gasteiger partial charge on any atom is 0.397 e. The molecule has 0 aromatic rings. The van der Waals surface area contributed by atoms with Gasteiger partial charge in [0.05, 0.1) is 12.6 Å². The first-order valence-electron chi connectivity index (χ1n) is 5.38. The van der Waals surface area contributed by atoms with Crippen LogP contribution in [0.1, 0.15) is 0 Å². The Morgan fingerprint density at radius 1 is 0.880 bits per heavy atom. The fourth-order valence-corrected chi connectivity index (χ4v) is 2.63. The predicted octanol–water partition coefficient (Wildman–Crippen LogP) is -4.31. The van der Waals surface area contributed by atoms with Gasteiger partial charge >= 0.3 is 31.2 Å². The molecule has 0 aliphatic rings. The molecular weight excluding hydrogens is 429 g/mol. The maximum absolute atomic E-state index is 10.7. The van der Waals surface area contributed by atoms with Gasteiger partial charge in [-0.3, -0.25) is 13.7 Å². The van der Waals surface area contributed by atoms with Crippen LogP contribution in [0, 0.1) is 0 Å². The van der Waals surface area contributed by atoms with Crippen molar-refractivity contribution in [1.29, 1.82) is 0 Å². The third kappa shape index (κ3) is 13.1. The maximum atomic E-state index is 10.7. The van der Waals surface area contributed by atoms with Crippen LogP contribution in [-0.2, 0) is 48.5 Å². The van der Waals surface area contributed by atoms with E-state index in [0.29, 0.717) is 0 Å². The summed E-state index contributed by atoms with van der Waals surface area (Å²) in [6.07, 6.45) is -7.64. The molecular formula is C6H13NNaO14S3. The number of hydrogen-bond donors (Lipinski definition) is 5. The van der Waals surface area contributed by atoms with Crippen LogP contribution in [0.4, 0.5) is 0 Å². The van der Waals surface area contributed by atoms with Crippen molar-refractivity contribution in [2.75, 3.05) is 6.61 Å². The Balaban J connectivity index is 0. The van der Waals surface area contributed by atoms with Crippen molar-refractivity contribution in [1.82, 2.24) is 0 Å². The van der Waals surface area contributed by atoms with Gasteiger partial charge < -0.3 is 15.6 Å². The molecule has 145 valence electrons. The summed E-state index contributed by atoms with van der Waals surface area (Å²) < 4.78 is 101. The Kier molecular flexibility index (Phi) is 11.5. The average molecular weight is 442 g/mol. The van der Waals surface area contributed by atoms with Crippen LogP contribution in [0.25, 0.3) is 0 Å². The summed E-state index contributed by atoms with van der Waals surface area (Å²) in [5, 5.41) is 9.62. The van der Waals surface area contributed by atoms with E-state index in [1.807, 2.05) is 0 Å². The molecule has 19 heteroatoms. The van der Waals surface area contributed by atoms with Crippen molar-refractivity contribution in [3.05, 3.63) is 0 Å². The molecule has 4 atom stereocenters. The van der Waals surface area contributed by atoms with Crippen LogP contribution in [0.5, 0.6) is 0 Å². The standard InChI is InChI=1S/C6H13NO14S3.Na/c7-3(1-8)5(20-23(13,14)15)6(21-24(16,17)18)4(9)2-19-22(10,11)12;/h1,3-6,9H,2,7H2,(H,10,11,12)(H,13,14,15)(H,16,17,18);. The van der Waals surface area contributed by atoms with Crippen LogP contribution in [0.3, 0.4) is 0 Å². The molecule has 0 aliphatic heterocycles. The van der Waals surface area contributed by atoms with Crippen molar-refractivity contribution in [3.8, 4) is 0 Å². The summed E-state index contributed by atoms with van der Waals surface area (Å²) in [7, 11) is -15.9. The molecule has 0 amide bonds. The zero-order valence-electron chi connectivity index (χ0n) is 12.3. The molecule has 6 N–H and O–H groups in total. The number of carbonyl (C=O) groups is 1. The van der Waals surface area contributed by atoms with Gasteiger partial charge in [-0.15, -0.1) is 0 Å². The number of aliphatic hydroxyl groups is 1. The van der Waals surface area contributed by atoms with E-state index in [1.165, 1.54) is 0 Å². The predicted molar refractivity (Wildman–Crippen MR) is 76.1 cm³/mol. The van der Waals surface area contributed by atoms with Gasteiger partial charge in [0.1, 0.15) is 24.6 Å². The minimum atomic E-state index is -5.42. The Hall–Kier alpha value is 0.200. The summed E-state index contributed by atoms with van der Waals surface area (Å²) in [6, 6.07) is -2.04. The molecule has 0 bridgehead atoms. The minimum absolute atomic E-state index is 0. The SMILES string of the molecule is NC(C=O)C(OS(=O)(=O)O)C(OS(=O)(=O)O)C(O)COS(=O)(=O)O.[Na]. The summed E-state index contributed by atoms with van der Waals surface area (Å²) >= 11 is 0.